The van der Waals surface area contributed by atoms with Crippen LogP contribution < -0.4 is 0 Å². The Labute approximate surface area is 145 Å². The third-order valence-corrected chi connectivity index (χ3v) is 7.75. The minimum Gasteiger partial charge on any atom is -0.462 e. The van der Waals surface area contributed by atoms with E-state index in [4.69, 9.17) is 4.74 Å². The molecular formula is C21H30O3. The van der Waals surface area contributed by atoms with Crippen molar-refractivity contribution in [2.45, 2.75) is 77.9 Å². The van der Waals surface area contributed by atoms with Crippen molar-refractivity contribution in [3.05, 3.63) is 23.3 Å². The fourth-order valence-electron chi connectivity index (χ4n) is 6.28. The molecule has 4 rings (SSSR count). The van der Waals surface area contributed by atoms with Crippen LogP contribution in [0.4, 0.5) is 0 Å². The van der Waals surface area contributed by atoms with E-state index in [-0.39, 0.29) is 29.0 Å². The van der Waals surface area contributed by atoms with Crippen molar-refractivity contribution < 1.29 is 14.6 Å². The Morgan fingerprint density at radius 2 is 1.92 bits per heavy atom. The van der Waals surface area contributed by atoms with Crippen LogP contribution >= 0.6 is 0 Å². The Bertz CT molecular complexity index is 619. The summed E-state index contributed by atoms with van der Waals surface area (Å²) in [5, 5.41) is 10.5. The van der Waals surface area contributed by atoms with Crippen molar-refractivity contribution in [3.63, 3.8) is 0 Å². The molecule has 0 bridgehead atoms. The minimum atomic E-state index is -0.189. The number of hydrogen-bond donors (Lipinski definition) is 1. The van der Waals surface area contributed by atoms with E-state index in [9.17, 15) is 9.90 Å². The van der Waals surface area contributed by atoms with Gasteiger partial charge in [0.05, 0.1) is 6.10 Å². The SMILES string of the molecule is CC(=O)OC1CCC2(C)C(=CCC3C4=CCC(O)C4(C)CCC32)C1. The zero-order valence-electron chi connectivity index (χ0n) is 15.2. The Balaban J connectivity index is 1.61. The molecule has 6 unspecified atom stereocenters. The van der Waals surface area contributed by atoms with Crippen LogP contribution in [-0.4, -0.2) is 23.3 Å². The van der Waals surface area contributed by atoms with Gasteiger partial charge in [0.25, 0.3) is 0 Å². The van der Waals surface area contributed by atoms with Gasteiger partial charge >= 0.3 is 5.97 Å². The first-order valence-corrected chi connectivity index (χ1v) is 9.60. The van der Waals surface area contributed by atoms with Gasteiger partial charge in [0.1, 0.15) is 6.10 Å². The second-order valence-corrected chi connectivity index (χ2v) is 8.94. The monoisotopic (exact) mass is 330 g/mol. The molecule has 0 saturated heterocycles. The lowest BCUT2D eigenvalue weighted by atomic mass is 9.49. The summed E-state index contributed by atoms with van der Waals surface area (Å²) in [7, 11) is 0. The summed E-state index contributed by atoms with van der Waals surface area (Å²) in [6.07, 6.45) is 11.9. The summed E-state index contributed by atoms with van der Waals surface area (Å²) in [6.45, 7) is 6.22. The molecule has 0 amide bonds. The zero-order chi connectivity index (χ0) is 17.1. The van der Waals surface area contributed by atoms with Crippen molar-refractivity contribution in [3.8, 4) is 0 Å². The van der Waals surface area contributed by atoms with E-state index in [1.807, 2.05) is 0 Å². The first-order chi connectivity index (χ1) is 11.3. The van der Waals surface area contributed by atoms with Crippen molar-refractivity contribution in [1.82, 2.24) is 0 Å². The Morgan fingerprint density at radius 3 is 2.67 bits per heavy atom. The highest BCUT2D eigenvalue weighted by molar-refractivity contribution is 5.66. The molecule has 0 aromatic carbocycles. The molecule has 0 aromatic rings. The molecule has 0 radical (unpaired) electrons. The third-order valence-electron chi connectivity index (χ3n) is 7.75. The molecule has 0 aromatic heterocycles. The van der Waals surface area contributed by atoms with Crippen molar-refractivity contribution in [1.29, 1.82) is 0 Å². The molecule has 4 aliphatic carbocycles. The molecule has 3 heteroatoms. The Hall–Kier alpha value is -1.09. The minimum absolute atomic E-state index is 0.0117. The second kappa shape index (κ2) is 5.45. The lowest BCUT2D eigenvalue weighted by Gasteiger charge is -2.56. The van der Waals surface area contributed by atoms with Crippen LogP contribution in [0.15, 0.2) is 23.3 Å². The maximum absolute atomic E-state index is 11.3. The van der Waals surface area contributed by atoms with Crippen molar-refractivity contribution in [2.24, 2.45) is 22.7 Å². The standard InChI is InChI=1S/C21H30O3/c1-13(22)24-15-8-10-20(2)14(12-15)4-5-16-17-6-7-19(23)21(17,3)11-9-18(16)20/h4,6,15-16,18-19,23H,5,7-12H2,1-3H3. The molecule has 24 heavy (non-hydrogen) atoms. The lowest BCUT2D eigenvalue weighted by Crippen LogP contribution is -2.48. The molecule has 1 N–H and O–H groups in total. The second-order valence-electron chi connectivity index (χ2n) is 8.94. The van der Waals surface area contributed by atoms with Gasteiger partial charge < -0.3 is 9.84 Å². The van der Waals surface area contributed by atoms with Crippen LogP contribution in [0.3, 0.4) is 0 Å². The fourth-order valence-corrected chi connectivity index (χ4v) is 6.28. The van der Waals surface area contributed by atoms with Crippen LogP contribution in [-0.2, 0) is 9.53 Å². The summed E-state index contributed by atoms with van der Waals surface area (Å²) in [5.41, 5.74) is 3.31. The average Bonchev–Trinajstić information content (AvgIpc) is 2.83. The van der Waals surface area contributed by atoms with Gasteiger partial charge in [-0.25, -0.2) is 0 Å². The van der Waals surface area contributed by atoms with Crippen LogP contribution in [0.1, 0.15) is 65.7 Å². The predicted molar refractivity (Wildman–Crippen MR) is 93.2 cm³/mol. The highest BCUT2D eigenvalue weighted by Gasteiger charge is 2.55. The normalized spacial score (nSPS) is 47.0. The number of allylic oxidation sites excluding steroid dienone is 1. The van der Waals surface area contributed by atoms with E-state index >= 15 is 0 Å². The number of fused-ring (bicyclic) bond motifs is 5. The van der Waals surface area contributed by atoms with Gasteiger partial charge in [-0.1, -0.05) is 37.1 Å². The van der Waals surface area contributed by atoms with Gasteiger partial charge in [-0.3, -0.25) is 4.79 Å². The molecule has 0 aliphatic heterocycles. The van der Waals surface area contributed by atoms with Crippen molar-refractivity contribution >= 4 is 5.97 Å². The van der Waals surface area contributed by atoms with Crippen LogP contribution in [0.2, 0.25) is 0 Å². The number of carbonyl (C=O) groups is 1. The molecule has 2 saturated carbocycles. The molecule has 132 valence electrons. The predicted octanol–water partition coefficient (Wildman–Crippen LogP) is 4.16. The number of aliphatic hydroxyl groups excluding tert-OH is 1. The molecule has 6 atom stereocenters. The highest BCUT2D eigenvalue weighted by atomic mass is 16.5. The van der Waals surface area contributed by atoms with E-state index in [1.165, 1.54) is 24.5 Å². The molecule has 3 nitrogen and oxygen atoms in total. The molecule has 0 heterocycles. The summed E-state index contributed by atoms with van der Waals surface area (Å²) in [6, 6.07) is 0. The molecule has 2 fully saturated rings. The van der Waals surface area contributed by atoms with Gasteiger partial charge in [0.15, 0.2) is 0 Å². The zero-order valence-corrected chi connectivity index (χ0v) is 15.2. The van der Waals surface area contributed by atoms with Crippen molar-refractivity contribution in [2.75, 3.05) is 0 Å². The van der Waals surface area contributed by atoms with E-state index in [2.05, 4.69) is 26.0 Å². The Morgan fingerprint density at radius 1 is 1.17 bits per heavy atom. The first-order valence-electron chi connectivity index (χ1n) is 9.60. The highest BCUT2D eigenvalue weighted by Crippen LogP contribution is 2.63. The third kappa shape index (κ3) is 2.23. The van der Waals surface area contributed by atoms with Gasteiger partial charge in [0, 0.05) is 18.8 Å². The quantitative estimate of drug-likeness (QED) is 0.580. The first kappa shape index (κ1) is 16.4. The largest absolute Gasteiger partial charge is 0.462 e. The van der Waals surface area contributed by atoms with Gasteiger partial charge in [-0.15, -0.1) is 0 Å². The number of hydrogen-bond acceptors (Lipinski definition) is 3. The number of ether oxygens (including phenoxy) is 1. The molecule has 0 spiro atoms. The summed E-state index contributed by atoms with van der Waals surface area (Å²) < 4.78 is 5.50. The van der Waals surface area contributed by atoms with Crippen LogP contribution in [0.25, 0.3) is 0 Å². The number of rotatable bonds is 1. The van der Waals surface area contributed by atoms with E-state index < -0.39 is 0 Å². The van der Waals surface area contributed by atoms with Gasteiger partial charge in [-0.2, -0.15) is 0 Å². The van der Waals surface area contributed by atoms with Crippen LogP contribution in [0, 0.1) is 22.7 Å². The van der Waals surface area contributed by atoms with Gasteiger partial charge in [0.2, 0.25) is 0 Å². The molecule has 4 aliphatic rings. The summed E-state index contributed by atoms with van der Waals surface area (Å²) in [5.74, 6) is 1.12. The fraction of sp³-hybridized carbons (Fsp3) is 0.762. The Kier molecular flexibility index (Phi) is 3.72. The lowest BCUT2D eigenvalue weighted by molar-refractivity contribution is -0.148. The summed E-state index contributed by atoms with van der Waals surface area (Å²) >= 11 is 0. The van der Waals surface area contributed by atoms with Gasteiger partial charge in [-0.05, 0) is 55.8 Å². The maximum Gasteiger partial charge on any atom is 0.302 e. The average molecular weight is 330 g/mol. The number of esters is 1. The molecular weight excluding hydrogens is 300 g/mol. The van der Waals surface area contributed by atoms with Crippen LogP contribution in [0.5, 0.6) is 0 Å². The van der Waals surface area contributed by atoms with E-state index in [1.54, 1.807) is 0 Å². The van der Waals surface area contributed by atoms with E-state index in [0.717, 1.165) is 38.5 Å². The topological polar surface area (TPSA) is 46.5 Å². The number of carbonyl (C=O) groups excluding carboxylic acids is 1. The van der Waals surface area contributed by atoms with E-state index in [0.29, 0.717) is 11.8 Å². The summed E-state index contributed by atoms with van der Waals surface area (Å²) in [4.78, 5) is 11.3. The number of aliphatic hydroxyl groups is 1. The maximum atomic E-state index is 11.3. The smallest absolute Gasteiger partial charge is 0.302 e.